The van der Waals surface area contributed by atoms with Crippen molar-refractivity contribution in [3.05, 3.63) is 45.4 Å². The first-order valence-electron chi connectivity index (χ1n) is 9.83. The molecule has 1 aromatic rings. The van der Waals surface area contributed by atoms with Gasteiger partial charge in [0.05, 0.1) is 11.5 Å². The Hall–Kier alpha value is -1.88. The summed E-state index contributed by atoms with van der Waals surface area (Å²) in [5, 5.41) is 5.38. The number of esters is 1. The fourth-order valence-electron chi connectivity index (χ4n) is 4.73. The Bertz CT molecular complexity index is 813. The molecule has 0 amide bonds. The Labute approximate surface area is 164 Å². The van der Waals surface area contributed by atoms with E-state index in [0.29, 0.717) is 12.0 Å². The Balaban J connectivity index is 1.76. The van der Waals surface area contributed by atoms with E-state index in [1.54, 1.807) is 11.3 Å². The lowest BCUT2D eigenvalue weighted by atomic mass is 9.68. The molecule has 1 N–H and O–H groups in total. The van der Waals surface area contributed by atoms with E-state index in [1.165, 1.54) is 0 Å². The maximum Gasteiger partial charge on any atom is 0.336 e. The zero-order valence-corrected chi connectivity index (χ0v) is 17.0. The molecule has 2 unspecified atom stereocenters. The Morgan fingerprint density at radius 3 is 2.67 bits per heavy atom. The molecule has 1 saturated carbocycles. The number of fused-ring (bicyclic) bond motifs is 1. The summed E-state index contributed by atoms with van der Waals surface area (Å²) in [6, 6.07) is 4.01. The van der Waals surface area contributed by atoms with Crippen molar-refractivity contribution in [1.82, 2.24) is 5.32 Å². The molecule has 0 saturated heterocycles. The lowest BCUT2D eigenvalue weighted by molar-refractivity contribution is -0.144. The minimum Gasteiger partial charge on any atom is -0.459 e. The van der Waals surface area contributed by atoms with E-state index in [4.69, 9.17) is 4.74 Å². The Kier molecular flexibility index (Phi) is 4.75. The van der Waals surface area contributed by atoms with Crippen LogP contribution in [0.5, 0.6) is 0 Å². The van der Waals surface area contributed by atoms with E-state index < -0.39 is 0 Å². The average molecular weight is 386 g/mol. The van der Waals surface area contributed by atoms with Crippen molar-refractivity contribution in [1.29, 1.82) is 0 Å². The van der Waals surface area contributed by atoms with Gasteiger partial charge in [0.2, 0.25) is 0 Å². The lowest BCUT2D eigenvalue weighted by Gasteiger charge is -2.41. The van der Waals surface area contributed by atoms with Crippen LogP contribution in [-0.4, -0.2) is 17.9 Å². The number of allylic oxidation sites excluding steroid dienone is 3. The first-order valence-corrected chi connectivity index (χ1v) is 10.7. The molecule has 1 aliphatic heterocycles. The second-order valence-corrected chi connectivity index (χ2v) is 9.66. The van der Waals surface area contributed by atoms with Gasteiger partial charge in [-0.3, -0.25) is 4.79 Å². The first kappa shape index (κ1) is 18.5. The van der Waals surface area contributed by atoms with Gasteiger partial charge in [-0.15, -0.1) is 11.3 Å². The topological polar surface area (TPSA) is 55.4 Å². The van der Waals surface area contributed by atoms with Gasteiger partial charge in [-0.1, -0.05) is 26.0 Å². The molecule has 2 atom stereocenters. The number of carbonyl (C=O) groups excluding carboxylic acids is 2. The lowest BCUT2D eigenvalue weighted by Crippen LogP contribution is -2.43. The van der Waals surface area contributed by atoms with Crippen molar-refractivity contribution < 1.29 is 14.3 Å². The number of thiophene rings is 1. The maximum absolute atomic E-state index is 13.1. The van der Waals surface area contributed by atoms with Crippen molar-refractivity contribution in [2.45, 2.75) is 64.9 Å². The standard InChI is InChI=1S/C22H27NO3S/c1-13-18(21(25)26-14-7-4-5-8-14)20(17-9-6-10-27-17)19-15(23-13)11-22(2,3)12-16(19)24/h6,9-11,14,19-20,23H,4-5,7-8,12H2,1-3H3. The van der Waals surface area contributed by atoms with Crippen molar-refractivity contribution in [3.8, 4) is 0 Å². The van der Waals surface area contributed by atoms with Gasteiger partial charge >= 0.3 is 5.97 Å². The summed E-state index contributed by atoms with van der Waals surface area (Å²) in [7, 11) is 0. The fraction of sp³-hybridized carbons (Fsp3) is 0.545. The van der Waals surface area contributed by atoms with E-state index in [2.05, 4.69) is 25.2 Å². The monoisotopic (exact) mass is 385 g/mol. The van der Waals surface area contributed by atoms with Crippen LogP contribution in [-0.2, 0) is 14.3 Å². The summed E-state index contributed by atoms with van der Waals surface area (Å²) in [6.45, 7) is 6.09. The fourth-order valence-corrected chi connectivity index (χ4v) is 5.61. The molecular weight excluding hydrogens is 358 g/mol. The predicted octanol–water partition coefficient (Wildman–Crippen LogP) is 4.69. The second-order valence-electron chi connectivity index (χ2n) is 8.68. The smallest absolute Gasteiger partial charge is 0.336 e. The number of nitrogens with one attached hydrogen (secondary N) is 1. The molecule has 5 heteroatoms. The van der Waals surface area contributed by atoms with E-state index in [-0.39, 0.29) is 35.1 Å². The third-order valence-electron chi connectivity index (χ3n) is 5.88. The predicted molar refractivity (Wildman–Crippen MR) is 106 cm³/mol. The molecule has 144 valence electrons. The minimum atomic E-state index is -0.327. The highest BCUT2D eigenvalue weighted by atomic mass is 32.1. The molecule has 3 aliphatic rings. The number of carbonyl (C=O) groups is 2. The van der Waals surface area contributed by atoms with Gasteiger partial charge in [0, 0.05) is 28.6 Å². The normalized spacial score (nSPS) is 27.8. The molecule has 4 nitrogen and oxygen atoms in total. The summed E-state index contributed by atoms with van der Waals surface area (Å²) in [5.74, 6) is -0.648. The van der Waals surface area contributed by atoms with Gasteiger partial charge in [0.1, 0.15) is 11.9 Å². The zero-order chi connectivity index (χ0) is 19.2. The van der Waals surface area contributed by atoms with Crippen LogP contribution in [0.25, 0.3) is 0 Å². The van der Waals surface area contributed by atoms with Gasteiger partial charge in [0.15, 0.2) is 0 Å². The van der Waals surface area contributed by atoms with Crippen LogP contribution in [0.2, 0.25) is 0 Å². The van der Waals surface area contributed by atoms with Crippen LogP contribution in [0.15, 0.2) is 40.6 Å². The molecule has 1 aromatic heterocycles. The average Bonchev–Trinajstić information content (AvgIpc) is 3.25. The van der Waals surface area contributed by atoms with Crippen molar-refractivity contribution in [3.63, 3.8) is 0 Å². The summed E-state index contributed by atoms with van der Waals surface area (Å²) in [4.78, 5) is 27.3. The number of ketones is 1. The zero-order valence-electron chi connectivity index (χ0n) is 16.2. The molecule has 27 heavy (non-hydrogen) atoms. The highest BCUT2D eigenvalue weighted by Crippen LogP contribution is 2.48. The van der Waals surface area contributed by atoms with Gasteiger partial charge in [-0.2, -0.15) is 0 Å². The Morgan fingerprint density at radius 2 is 2.00 bits per heavy atom. The molecule has 0 bridgehead atoms. The molecule has 2 aliphatic carbocycles. The van der Waals surface area contributed by atoms with Gasteiger partial charge in [-0.05, 0) is 49.5 Å². The molecule has 2 heterocycles. The number of hydrogen-bond acceptors (Lipinski definition) is 5. The second kappa shape index (κ2) is 6.93. The maximum atomic E-state index is 13.1. The molecule has 4 rings (SSSR count). The molecule has 0 radical (unpaired) electrons. The van der Waals surface area contributed by atoms with E-state index >= 15 is 0 Å². The number of rotatable bonds is 3. The Morgan fingerprint density at radius 1 is 1.26 bits per heavy atom. The van der Waals surface area contributed by atoms with Crippen molar-refractivity contribution in [2.75, 3.05) is 0 Å². The van der Waals surface area contributed by atoms with E-state index in [9.17, 15) is 9.59 Å². The van der Waals surface area contributed by atoms with Gasteiger partial charge in [0.25, 0.3) is 0 Å². The van der Waals surface area contributed by atoms with Crippen LogP contribution < -0.4 is 5.32 Å². The van der Waals surface area contributed by atoms with Crippen LogP contribution in [0, 0.1) is 11.3 Å². The molecule has 0 spiro atoms. The van der Waals surface area contributed by atoms with Crippen LogP contribution in [0.1, 0.15) is 63.7 Å². The first-order chi connectivity index (χ1) is 12.9. The number of ether oxygens (including phenoxy) is 1. The summed E-state index contributed by atoms with van der Waals surface area (Å²) in [5.41, 5.74) is 2.20. The largest absolute Gasteiger partial charge is 0.459 e. The quantitative estimate of drug-likeness (QED) is 0.767. The van der Waals surface area contributed by atoms with Crippen LogP contribution in [0.3, 0.4) is 0 Å². The van der Waals surface area contributed by atoms with Crippen molar-refractivity contribution in [2.24, 2.45) is 11.3 Å². The third kappa shape index (κ3) is 3.49. The molecule has 1 fully saturated rings. The van der Waals surface area contributed by atoms with Gasteiger partial charge < -0.3 is 10.1 Å². The van der Waals surface area contributed by atoms with Gasteiger partial charge in [-0.25, -0.2) is 4.79 Å². The molecule has 0 aromatic carbocycles. The number of hydrogen-bond donors (Lipinski definition) is 1. The summed E-state index contributed by atoms with van der Waals surface area (Å²) in [6.07, 6.45) is 6.79. The summed E-state index contributed by atoms with van der Waals surface area (Å²) >= 11 is 1.60. The minimum absolute atomic E-state index is 0.0136. The van der Waals surface area contributed by atoms with Crippen LogP contribution >= 0.6 is 11.3 Å². The molecular formula is C22H27NO3S. The highest BCUT2D eigenvalue weighted by Gasteiger charge is 2.46. The van der Waals surface area contributed by atoms with E-state index in [1.807, 2.05) is 24.4 Å². The third-order valence-corrected chi connectivity index (χ3v) is 6.84. The van der Waals surface area contributed by atoms with Crippen LogP contribution in [0.4, 0.5) is 0 Å². The highest BCUT2D eigenvalue weighted by molar-refractivity contribution is 7.10. The van der Waals surface area contributed by atoms with Crippen molar-refractivity contribution >= 4 is 23.1 Å². The number of Topliss-reactive ketones (excluding diaryl/α,β-unsaturated/α-hetero) is 1. The summed E-state index contributed by atoms with van der Waals surface area (Å²) < 4.78 is 5.84. The SMILES string of the molecule is CC1=C(C(=O)OC2CCCC2)C(c2cccs2)C2C(=O)CC(C)(C)C=C2N1. The van der Waals surface area contributed by atoms with E-state index in [0.717, 1.165) is 42.0 Å².